The van der Waals surface area contributed by atoms with E-state index < -0.39 is 0 Å². The van der Waals surface area contributed by atoms with E-state index in [0.29, 0.717) is 12.4 Å². The van der Waals surface area contributed by atoms with Gasteiger partial charge in [0.15, 0.2) is 0 Å². The Kier molecular flexibility index (Phi) is 3.48. The summed E-state index contributed by atoms with van der Waals surface area (Å²) < 4.78 is 0. The SMILES string of the molecule is C[C@@H](C#N)CNc1cc(Cl)nc(N)n1. The second-order valence-electron chi connectivity index (χ2n) is 2.85. The Morgan fingerprint density at radius 3 is 3.00 bits per heavy atom. The average molecular weight is 212 g/mol. The topological polar surface area (TPSA) is 87.6 Å². The normalized spacial score (nSPS) is 11.8. The van der Waals surface area contributed by atoms with Gasteiger partial charge in [-0.2, -0.15) is 10.2 Å². The second kappa shape index (κ2) is 4.63. The lowest BCUT2D eigenvalue weighted by Gasteiger charge is -2.06. The van der Waals surface area contributed by atoms with Crippen LogP contribution >= 0.6 is 11.6 Å². The zero-order chi connectivity index (χ0) is 10.6. The molecule has 0 amide bonds. The van der Waals surface area contributed by atoms with Crippen molar-refractivity contribution in [2.45, 2.75) is 6.92 Å². The summed E-state index contributed by atoms with van der Waals surface area (Å²) in [5.41, 5.74) is 5.39. The van der Waals surface area contributed by atoms with Crippen LogP contribution in [0.4, 0.5) is 11.8 Å². The van der Waals surface area contributed by atoms with Crippen molar-refractivity contribution in [1.29, 1.82) is 5.26 Å². The minimum Gasteiger partial charge on any atom is -0.369 e. The molecule has 74 valence electrons. The lowest BCUT2D eigenvalue weighted by Crippen LogP contribution is -2.11. The summed E-state index contributed by atoms with van der Waals surface area (Å²) in [6, 6.07) is 3.65. The number of hydrogen-bond acceptors (Lipinski definition) is 5. The zero-order valence-corrected chi connectivity index (χ0v) is 8.41. The second-order valence-corrected chi connectivity index (χ2v) is 3.23. The highest BCUT2D eigenvalue weighted by Gasteiger charge is 2.02. The van der Waals surface area contributed by atoms with Crippen LogP contribution in [0.5, 0.6) is 0 Å². The van der Waals surface area contributed by atoms with Gasteiger partial charge in [0.1, 0.15) is 11.0 Å². The Morgan fingerprint density at radius 2 is 2.43 bits per heavy atom. The van der Waals surface area contributed by atoms with Gasteiger partial charge in [-0.05, 0) is 6.92 Å². The van der Waals surface area contributed by atoms with Gasteiger partial charge in [0.25, 0.3) is 0 Å². The number of anilines is 2. The highest BCUT2D eigenvalue weighted by Crippen LogP contribution is 2.12. The molecule has 3 N–H and O–H groups in total. The summed E-state index contributed by atoms with van der Waals surface area (Å²) in [7, 11) is 0. The predicted molar refractivity (Wildman–Crippen MR) is 54.7 cm³/mol. The number of nitrogens with zero attached hydrogens (tertiary/aromatic N) is 3. The average Bonchev–Trinajstić information content (AvgIpc) is 2.12. The molecule has 0 aliphatic heterocycles. The molecule has 0 saturated carbocycles. The quantitative estimate of drug-likeness (QED) is 0.736. The standard InChI is InChI=1S/C8H10ClN5/c1-5(3-10)4-12-7-2-6(9)13-8(11)14-7/h2,5H,4H2,1H3,(H3,11,12,13,14)/t5-/m0/s1. The largest absolute Gasteiger partial charge is 0.369 e. The number of nitrogens with two attached hydrogens (primary N) is 1. The molecule has 14 heavy (non-hydrogen) atoms. The van der Waals surface area contributed by atoms with Crippen LogP contribution in [0.15, 0.2) is 6.07 Å². The summed E-state index contributed by atoms with van der Waals surface area (Å²) in [6.45, 7) is 2.31. The Hall–Kier alpha value is -1.54. The lowest BCUT2D eigenvalue weighted by molar-refractivity contribution is 0.783. The number of nitriles is 1. The predicted octanol–water partition coefficient (Wildman–Crippen LogP) is 1.28. The molecule has 0 fully saturated rings. The molecular weight excluding hydrogens is 202 g/mol. The molecular formula is C8H10ClN5. The van der Waals surface area contributed by atoms with Crippen LogP contribution in [-0.2, 0) is 0 Å². The molecule has 0 aromatic carbocycles. The minimum atomic E-state index is -0.0926. The maximum Gasteiger partial charge on any atom is 0.223 e. The lowest BCUT2D eigenvalue weighted by atomic mass is 10.2. The van der Waals surface area contributed by atoms with Crippen molar-refractivity contribution in [2.24, 2.45) is 5.92 Å². The zero-order valence-electron chi connectivity index (χ0n) is 7.66. The monoisotopic (exact) mass is 211 g/mol. The maximum atomic E-state index is 8.55. The van der Waals surface area contributed by atoms with Gasteiger partial charge < -0.3 is 11.1 Å². The minimum absolute atomic E-state index is 0.0926. The van der Waals surface area contributed by atoms with E-state index in [2.05, 4.69) is 21.4 Å². The van der Waals surface area contributed by atoms with Crippen molar-refractivity contribution in [2.75, 3.05) is 17.6 Å². The van der Waals surface area contributed by atoms with E-state index in [1.807, 2.05) is 0 Å². The van der Waals surface area contributed by atoms with Gasteiger partial charge in [-0.1, -0.05) is 11.6 Å². The van der Waals surface area contributed by atoms with Crippen molar-refractivity contribution in [3.63, 3.8) is 0 Å². The van der Waals surface area contributed by atoms with Crippen LogP contribution in [0.3, 0.4) is 0 Å². The number of nitrogens with one attached hydrogen (secondary N) is 1. The smallest absolute Gasteiger partial charge is 0.223 e. The summed E-state index contributed by atoms with van der Waals surface area (Å²) in [5, 5.41) is 11.8. The van der Waals surface area contributed by atoms with Gasteiger partial charge in [0, 0.05) is 12.6 Å². The van der Waals surface area contributed by atoms with Crippen molar-refractivity contribution >= 4 is 23.4 Å². The van der Waals surface area contributed by atoms with Crippen molar-refractivity contribution < 1.29 is 0 Å². The molecule has 0 radical (unpaired) electrons. The molecule has 0 unspecified atom stereocenters. The summed E-state index contributed by atoms with van der Waals surface area (Å²) in [4.78, 5) is 7.61. The first-order valence-electron chi connectivity index (χ1n) is 4.05. The van der Waals surface area contributed by atoms with E-state index in [4.69, 9.17) is 22.6 Å². The Morgan fingerprint density at radius 1 is 1.71 bits per heavy atom. The summed E-state index contributed by atoms with van der Waals surface area (Å²) >= 11 is 5.66. The number of rotatable bonds is 3. The van der Waals surface area contributed by atoms with Crippen LogP contribution in [0.2, 0.25) is 5.15 Å². The fraction of sp³-hybridized carbons (Fsp3) is 0.375. The van der Waals surface area contributed by atoms with Gasteiger partial charge >= 0.3 is 0 Å². The summed E-state index contributed by atoms with van der Waals surface area (Å²) in [5.74, 6) is 0.555. The fourth-order valence-corrected chi connectivity index (χ4v) is 1.02. The molecule has 0 saturated heterocycles. The van der Waals surface area contributed by atoms with Crippen LogP contribution in [0, 0.1) is 17.2 Å². The number of halogens is 1. The van der Waals surface area contributed by atoms with E-state index in [-0.39, 0.29) is 17.0 Å². The molecule has 0 bridgehead atoms. The third kappa shape index (κ3) is 3.07. The number of aromatic nitrogens is 2. The molecule has 0 aliphatic rings. The Balaban J connectivity index is 2.64. The van der Waals surface area contributed by atoms with Gasteiger partial charge in [-0.15, -0.1) is 0 Å². The molecule has 6 heteroatoms. The van der Waals surface area contributed by atoms with Gasteiger partial charge in [-0.3, -0.25) is 0 Å². The van der Waals surface area contributed by atoms with E-state index in [1.165, 1.54) is 0 Å². The van der Waals surface area contributed by atoms with Crippen LogP contribution < -0.4 is 11.1 Å². The molecule has 1 heterocycles. The first-order valence-corrected chi connectivity index (χ1v) is 4.43. The van der Waals surface area contributed by atoms with Gasteiger partial charge in [0.05, 0.1) is 12.0 Å². The van der Waals surface area contributed by atoms with Crippen LogP contribution in [0.25, 0.3) is 0 Å². The van der Waals surface area contributed by atoms with Gasteiger partial charge in [-0.25, -0.2) is 4.98 Å². The number of nitrogen functional groups attached to an aromatic ring is 1. The Bertz CT molecular complexity index is 339. The molecule has 1 aromatic heterocycles. The number of hydrogen-bond donors (Lipinski definition) is 2. The van der Waals surface area contributed by atoms with Crippen LogP contribution in [0.1, 0.15) is 6.92 Å². The van der Waals surface area contributed by atoms with E-state index in [9.17, 15) is 0 Å². The summed E-state index contributed by atoms with van der Waals surface area (Å²) in [6.07, 6.45) is 0. The molecule has 5 nitrogen and oxygen atoms in total. The van der Waals surface area contributed by atoms with Crippen molar-refractivity contribution in [3.05, 3.63) is 11.2 Å². The molecule has 1 aromatic rings. The third-order valence-electron chi connectivity index (χ3n) is 1.52. The Labute approximate surface area is 86.9 Å². The molecule has 1 atom stereocenters. The van der Waals surface area contributed by atoms with Crippen molar-refractivity contribution in [3.8, 4) is 6.07 Å². The van der Waals surface area contributed by atoms with Gasteiger partial charge in [0.2, 0.25) is 5.95 Å². The maximum absolute atomic E-state index is 8.55. The molecule has 1 rings (SSSR count). The van der Waals surface area contributed by atoms with E-state index >= 15 is 0 Å². The fourth-order valence-electron chi connectivity index (χ4n) is 0.829. The van der Waals surface area contributed by atoms with E-state index in [1.54, 1.807) is 13.0 Å². The first kappa shape index (κ1) is 10.5. The third-order valence-corrected chi connectivity index (χ3v) is 1.72. The molecule has 0 spiro atoms. The highest BCUT2D eigenvalue weighted by atomic mass is 35.5. The van der Waals surface area contributed by atoms with E-state index in [0.717, 1.165) is 0 Å². The first-order chi connectivity index (χ1) is 6.61. The van der Waals surface area contributed by atoms with Crippen molar-refractivity contribution in [1.82, 2.24) is 9.97 Å². The molecule has 0 aliphatic carbocycles. The highest BCUT2D eigenvalue weighted by molar-refractivity contribution is 6.29. The van der Waals surface area contributed by atoms with Crippen LogP contribution in [-0.4, -0.2) is 16.5 Å².